The molecule has 1 aromatic rings. The Morgan fingerprint density at radius 1 is 1.35 bits per heavy atom. The van der Waals surface area contributed by atoms with Gasteiger partial charge in [-0.1, -0.05) is 32.8 Å². The van der Waals surface area contributed by atoms with Crippen molar-refractivity contribution in [1.82, 2.24) is 4.98 Å². The van der Waals surface area contributed by atoms with Crippen molar-refractivity contribution in [2.75, 3.05) is 0 Å². The molecular formula is C15H24N2. The van der Waals surface area contributed by atoms with Crippen LogP contribution in [-0.2, 0) is 6.42 Å². The van der Waals surface area contributed by atoms with Crippen molar-refractivity contribution in [3.05, 3.63) is 29.6 Å². The highest BCUT2D eigenvalue weighted by Crippen LogP contribution is 2.35. The van der Waals surface area contributed by atoms with Crippen molar-refractivity contribution < 1.29 is 0 Å². The smallest absolute Gasteiger partial charge is 0.0605 e. The number of hydrogen-bond acceptors (Lipinski definition) is 2. The number of pyridine rings is 1. The van der Waals surface area contributed by atoms with Crippen LogP contribution in [0.2, 0.25) is 0 Å². The molecule has 94 valence electrons. The van der Waals surface area contributed by atoms with Gasteiger partial charge >= 0.3 is 0 Å². The van der Waals surface area contributed by atoms with Crippen molar-refractivity contribution in [2.24, 2.45) is 17.6 Å². The Balaban J connectivity index is 2.10. The third-order valence-corrected chi connectivity index (χ3v) is 4.19. The fraction of sp³-hybridized carbons (Fsp3) is 0.667. The molecule has 0 bridgehead atoms. The van der Waals surface area contributed by atoms with Gasteiger partial charge in [0.15, 0.2) is 0 Å². The quantitative estimate of drug-likeness (QED) is 0.866. The Morgan fingerprint density at radius 2 is 2.06 bits per heavy atom. The van der Waals surface area contributed by atoms with Crippen molar-refractivity contribution in [3.8, 4) is 0 Å². The van der Waals surface area contributed by atoms with Gasteiger partial charge in [-0.05, 0) is 42.7 Å². The number of nitrogens with two attached hydrogens (primary N) is 1. The minimum Gasteiger partial charge on any atom is -0.322 e. The highest BCUT2D eigenvalue weighted by atomic mass is 14.8. The second-order valence-corrected chi connectivity index (χ2v) is 5.45. The van der Waals surface area contributed by atoms with Gasteiger partial charge in [-0.15, -0.1) is 0 Å². The molecule has 0 radical (unpaired) electrons. The standard InChI is InChI=1S/C15H24N2/c1-3-12-5-4-10-17-15(12)14(16)13-8-6-11(2)7-9-13/h4-5,10-11,13-14H,3,6-9,16H2,1-2H3. The van der Waals surface area contributed by atoms with Gasteiger partial charge in [0.25, 0.3) is 0 Å². The first-order valence-corrected chi connectivity index (χ1v) is 6.91. The SMILES string of the molecule is CCc1cccnc1C(N)C1CCC(C)CC1. The average molecular weight is 232 g/mol. The van der Waals surface area contributed by atoms with E-state index in [0.29, 0.717) is 5.92 Å². The van der Waals surface area contributed by atoms with Crippen LogP contribution in [0, 0.1) is 11.8 Å². The Kier molecular flexibility index (Phi) is 4.16. The summed E-state index contributed by atoms with van der Waals surface area (Å²) in [6.45, 7) is 4.52. The highest BCUT2D eigenvalue weighted by Gasteiger charge is 2.26. The molecule has 1 aromatic heterocycles. The molecule has 1 fully saturated rings. The van der Waals surface area contributed by atoms with E-state index < -0.39 is 0 Å². The molecule has 0 spiro atoms. The molecule has 0 aliphatic heterocycles. The zero-order chi connectivity index (χ0) is 12.3. The number of aromatic nitrogens is 1. The number of rotatable bonds is 3. The lowest BCUT2D eigenvalue weighted by molar-refractivity contribution is 0.253. The molecule has 0 saturated heterocycles. The predicted molar refractivity (Wildman–Crippen MR) is 71.7 cm³/mol. The second-order valence-electron chi connectivity index (χ2n) is 5.45. The molecule has 1 unspecified atom stereocenters. The maximum atomic E-state index is 6.43. The Bertz CT molecular complexity index is 354. The van der Waals surface area contributed by atoms with Crippen LogP contribution in [-0.4, -0.2) is 4.98 Å². The van der Waals surface area contributed by atoms with Crippen LogP contribution in [0.1, 0.15) is 56.8 Å². The molecule has 2 heteroatoms. The summed E-state index contributed by atoms with van der Waals surface area (Å²) in [5, 5.41) is 0. The zero-order valence-corrected chi connectivity index (χ0v) is 11.0. The summed E-state index contributed by atoms with van der Waals surface area (Å²) < 4.78 is 0. The summed E-state index contributed by atoms with van der Waals surface area (Å²) in [6.07, 6.45) is 8.09. The van der Waals surface area contributed by atoms with Crippen LogP contribution in [0.3, 0.4) is 0 Å². The van der Waals surface area contributed by atoms with Crippen LogP contribution in [0.5, 0.6) is 0 Å². The topological polar surface area (TPSA) is 38.9 Å². The van der Waals surface area contributed by atoms with E-state index in [-0.39, 0.29) is 6.04 Å². The maximum Gasteiger partial charge on any atom is 0.0605 e. The predicted octanol–water partition coefficient (Wildman–Crippen LogP) is 3.47. The lowest BCUT2D eigenvalue weighted by atomic mass is 9.78. The molecule has 1 saturated carbocycles. The van der Waals surface area contributed by atoms with E-state index in [0.717, 1.165) is 18.0 Å². The van der Waals surface area contributed by atoms with E-state index in [1.165, 1.54) is 31.2 Å². The van der Waals surface area contributed by atoms with Gasteiger partial charge in [0, 0.05) is 6.20 Å². The van der Waals surface area contributed by atoms with Crippen LogP contribution < -0.4 is 5.73 Å². The van der Waals surface area contributed by atoms with E-state index in [1.54, 1.807) is 0 Å². The first-order chi connectivity index (χ1) is 8.22. The fourth-order valence-electron chi connectivity index (χ4n) is 2.92. The average Bonchev–Trinajstić information content (AvgIpc) is 2.39. The first-order valence-electron chi connectivity index (χ1n) is 6.91. The number of aryl methyl sites for hydroxylation is 1. The number of hydrogen-bond donors (Lipinski definition) is 1. The van der Waals surface area contributed by atoms with Gasteiger partial charge in [0.2, 0.25) is 0 Å². The monoisotopic (exact) mass is 232 g/mol. The van der Waals surface area contributed by atoms with Gasteiger partial charge in [-0.3, -0.25) is 4.98 Å². The minimum atomic E-state index is 0.138. The summed E-state index contributed by atoms with van der Waals surface area (Å²) in [5.41, 5.74) is 8.88. The molecule has 2 rings (SSSR count). The van der Waals surface area contributed by atoms with Crippen molar-refractivity contribution in [3.63, 3.8) is 0 Å². The van der Waals surface area contributed by atoms with Crippen LogP contribution in [0.4, 0.5) is 0 Å². The van der Waals surface area contributed by atoms with Crippen LogP contribution in [0.25, 0.3) is 0 Å². The minimum absolute atomic E-state index is 0.138. The van der Waals surface area contributed by atoms with E-state index >= 15 is 0 Å². The molecular weight excluding hydrogens is 208 g/mol. The van der Waals surface area contributed by atoms with Crippen molar-refractivity contribution in [1.29, 1.82) is 0 Å². The number of nitrogens with zero attached hydrogens (tertiary/aromatic N) is 1. The van der Waals surface area contributed by atoms with Gasteiger partial charge in [-0.2, -0.15) is 0 Å². The molecule has 2 nitrogen and oxygen atoms in total. The Hall–Kier alpha value is -0.890. The molecule has 2 N–H and O–H groups in total. The molecule has 1 aliphatic rings. The Labute approximate surface area is 105 Å². The lowest BCUT2D eigenvalue weighted by Gasteiger charge is -2.31. The summed E-state index contributed by atoms with van der Waals surface area (Å²) >= 11 is 0. The van der Waals surface area contributed by atoms with E-state index in [2.05, 4.69) is 24.9 Å². The third-order valence-electron chi connectivity index (χ3n) is 4.19. The van der Waals surface area contributed by atoms with Crippen molar-refractivity contribution >= 4 is 0 Å². The first kappa shape index (κ1) is 12.6. The molecule has 1 heterocycles. The molecule has 1 atom stereocenters. The van der Waals surface area contributed by atoms with E-state index in [4.69, 9.17) is 5.73 Å². The summed E-state index contributed by atoms with van der Waals surface area (Å²) in [4.78, 5) is 4.52. The highest BCUT2D eigenvalue weighted by molar-refractivity contribution is 5.23. The van der Waals surface area contributed by atoms with Gasteiger partial charge in [0.05, 0.1) is 11.7 Å². The van der Waals surface area contributed by atoms with Gasteiger partial charge < -0.3 is 5.73 Å². The third kappa shape index (κ3) is 2.86. The van der Waals surface area contributed by atoms with Crippen molar-refractivity contribution in [2.45, 2.75) is 52.0 Å². The van der Waals surface area contributed by atoms with E-state index in [9.17, 15) is 0 Å². The van der Waals surface area contributed by atoms with Crippen LogP contribution in [0.15, 0.2) is 18.3 Å². The Morgan fingerprint density at radius 3 is 2.71 bits per heavy atom. The lowest BCUT2D eigenvalue weighted by Crippen LogP contribution is -2.27. The largest absolute Gasteiger partial charge is 0.322 e. The van der Waals surface area contributed by atoms with Gasteiger partial charge in [0.1, 0.15) is 0 Å². The molecule has 0 amide bonds. The van der Waals surface area contributed by atoms with Crippen LogP contribution >= 0.6 is 0 Å². The van der Waals surface area contributed by atoms with E-state index in [1.807, 2.05) is 12.3 Å². The molecule has 0 aromatic carbocycles. The normalized spacial score (nSPS) is 26.8. The maximum absolute atomic E-state index is 6.43. The summed E-state index contributed by atoms with van der Waals surface area (Å²) in [5.74, 6) is 1.51. The summed E-state index contributed by atoms with van der Waals surface area (Å²) in [6, 6.07) is 4.31. The van der Waals surface area contributed by atoms with Gasteiger partial charge in [-0.25, -0.2) is 0 Å². The molecule has 1 aliphatic carbocycles. The summed E-state index contributed by atoms with van der Waals surface area (Å²) in [7, 11) is 0. The second kappa shape index (κ2) is 5.63. The fourth-order valence-corrected chi connectivity index (χ4v) is 2.92. The molecule has 17 heavy (non-hydrogen) atoms. The zero-order valence-electron chi connectivity index (χ0n) is 11.0.